The Morgan fingerprint density at radius 2 is 1.16 bits per heavy atom. The highest BCUT2D eigenvalue weighted by Gasteiger charge is 2.47. The predicted octanol–water partition coefficient (Wildman–Crippen LogP) is 11.5. The maximum atomic E-state index is 14.7. The monoisotopic (exact) mass is 631 g/mol. The maximum Gasteiger partial charge on any atom is 0.417 e. The van der Waals surface area contributed by atoms with E-state index in [0.29, 0.717) is 19.0 Å². The molecule has 0 aliphatic carbocycles. The lowest BCUT2D eigenvalue weighted by atomic mass is 9.77. The lowest BCUT2D eigenvalue weighted by Crippen LogP contribution is -2.41. The summed E-state index contributed by atoms with van der Waals surface area (Å²) in [5.74, 6) is -1.03. The van der Waals surface area contributed by atoms with Gasteiger partial charge in [0.1, 0.15) is 0 Å². The van der Waals surface area contributed by atoms with Gasteiger partial charge in [0.25, 0.3) is 0 Å². The first-order valence-electron chi connectivity index (χ1n) is 15.7. The molecule has 45 heavy (non-hydrogen) atoms. The van der Waals surface area contributed by atoms with Crippen molar-refractivity contribution in [1.82, 2.24) is 0 Å². The molecule has 2 nitrogen and oxygen atoms in total. The molecule has 0 bridgehead atoms. The first-order chi connectivity index (χ1) is 20.9. The normalized spacial score (nSPS) is 17.8. The van der Waals surface area contributed by atoms with Crippen LogP contribution in [0.15, 0.2) is 54.6 Å². The number of hydrogen-bond donors (Lipinski definition) is 0. The molecular weight excluding hydrogens is 588 g/mol. The molecule has 3 aromatic rings. The van der Waals surface area contributed by atoms with Gasteiger partial charge in [0.2, 0.25) is 0 Å². The predicted molar refractivity (Wildman–Crippen MR) is 169 cm³/mol. The van der Waals surface area contributed by atoms with Gasteiger partial charge in [-0.2, -0.15) is 26.3 Å². The van der Waals surface area contributed by atoms with Crippen molar-refractivity contribution in [3.05, 3.63) is 99.1 Å². The van der Waals surface area contributed by atoms with Crippen LogP contribution in [0, 0.1) is 0 Å². The highest BCUT2D eigenvalue weighted by atomic mass is 19.4. The van der Waals surface area contributed by atoms with Crippen molar-refractivity contribution < 1.29 is 31.1 Å². The fourth-order valence-electron chi connectivity index (χ4n) is 6.88. The minimum absolute atomic E-state index is 0.0551. The van der Waals surface area contributed by atoms with Crippen LogP contribution in [-0.2, 0) is 12.4 Å². The molecule has 0 N–H and O–H groups in total. The van der Waals surface area contributed by atoms with Gasteiger partial charge < -0.3 is 4.90 Å². The third-order valence-electron chi connectivity index (χ3n) is 9.00. The number of para-hydroxylation sites is 1. The number of anilines is 1. The molecule has 1 heterocycles. The Kier molecular flexibility index (Phi) is 9.87. The Morgan fingerprint density at radius 1 is 0.689 bits per heavy atom. The molecule has 244 valence electrons. The van der Waals surface area contributed by atoms with Gasteiger partial charge in [-0.25, -0.2) is 0 Å². The summed E-state index contributed by atoms with van der Waals surface area (Å²) in [7, 11) is 0. The number of alkyl halides is 6. The Hall–Kier alpha value is -3.29. The number of hydrogen-bond acceptors (Lipinski definition) is 2. The number of carbonyl (C=O) groups excluding carboxylic acids is 1. The van der Waals surface area contributed by atoms with Crippen LogP contribution >= 0.6 is 0 Å². The summed E-state index contributed by atoms with van der Waals surface area (Å²) in [5.41, 5.74) is 2.05. The van der Waals surface area contributed by atoms with Gasteiger partial charge in [-0.15, -0.1) is 0 Å². The number of benzene rings is 3. The Morgan fingerprint density at radius 3 is 1.58 bits per heavy atom. The third-order valence-corrected chi connectivity index (χ3v) is 9.00. The van der Waals surface area contributed by atoms with Crippen molar-refractivity contribution >= 4 is 11.5 Å². The number of carbonyl (C=O) groups is 1. The lowest BCUT2D eigenvalue weighted by molar-refractivity contribution is -0.143. The van der Waals surface area contributed by atoms with E-state index < -0.39 is 46.8 Å². The zero-order valence-electron chi connectivity index (χ0n) is 27.2. The SMILES string of the molecule is CC(C)c1cccc(C(C)C)c1C1CCN(c2c(C(C)C)cccc2C(C)C)C1C(=O)c1ccc(C(F)(F)F)cc1C(F)(F)F. The van der Waals surface area contributed by atoms with Crippen LogP contribution in [0.4, 0.5) is 32.0 Å². The standard InChI is InChI=1S/C37H43F6NO/c1-20(2)25-11-9-12-26(21(3)4)32(25)30-17-18-44(33-27(22(5)6)13-10-14-28(33)23(7)8)34(30)35(45)29-16-15-24(36(38,39)40)19-31(29)37(41,42)43/h9-16,19-23,30,34H,17-18H2,1-8H3. The molecule has 0 radical (unpaired) electrons. The number of rotatable bonds is 8. The minimum Gasteiger partial charge on any atom is -0.360 e. The van der Waals surface area contributed by atoms with Crippen molar-refractivity contribution in [2.75, 3.05) is 11.4 Å². The molecule has 1 saturated heterocycles. The van der Waals surface area contributed by atoms with E-state index in [2.05, 4.69) is 27.7 Å². The van der Waals surface area contributed by atoms with Gasteiger partial charge in [-0.3, -0.25) is 4.79 Å². The molecule has 3 aromatic carbocycles. The van der Waals surface area contributed by atoms with Gasteiger partial charge in [-0.05, 0) is 70.0 Å². The Bertz CT molecular complexity index is 1410. The highest BCUT2D eigenvalue weighted by molar-refractivity contribution is 6.05. The summed E-state index contributed by atoms with van der Waals surface area (Å²) in [5, 5.41) is 0. The van der Waals surface area contributed by atoms with Gasteiger partial charge in [0, 0.05) is 23.7 Å². The molecule has 1 aliphatic heterocycles. The lowest BCUT2D eigenvalue weighted by Gasteiger charge is -2.36. The molecule has 1 fully saturated rings. The summed E-state index contributed by atoms with van der Waals surface area (Å²) in [6.07, 6.45) is -9.65. The van der Waals surface area contributed by atoms with E-state index in [9.17, 15) is 31.1 Å². The molecule has 0 aromatic heterocycles. The summed E-state index contributed by atoms with van der Waals surface area (Å²) < 4.78 is 84.1. The average molecular weight is 632 g/mol. The van der Waals surface area contributed by atoms with Crippen molar-refractivity contribution in [3.63, 3.8) is 0 Å². The zero-order valence-corrected chi connectivity index (χ0v) is 27.2. The minimum atomic E-state index is -5.16. The number of Topliss-reactive ketones (excluding diaryl/α,β-unsaturated/α-hetero) is 1. The summed E-state index contributed by atoms with van der Waals surface area (Å²) in [6.45, 7) is 16.8. The van der Waals surface area contributed by atoms with Crippen LogP contribution in [0.5, 0.6) is 0 Å². The summed E-state index contributed by atoms with van der Waals surface area (Å²) in [6, 6.07) is 12.2. The molecule has 0 spiro atoms. The van der Waals surface area contributed by atoms with Crippen LogP contribution in [-0.4, -0.2) is 18.4 Å². The number of nitrogens with zero attached hydrogens (tertiary/aromatic N) is 1. The van der Waals surface area contributed by atoms with Crippen molar-refractivity contribution in [3.8, 4) is 0 Å². The van der Waals surface area contributed by atoms with Crippen LogP contribution in [0.2, 0.25) is 0 Å². The second kappa shape index (κ2) is 12.8. The van der Waals surface area contributed by atoms with Crippen molar-refractivity contribution in [2.45, 2.75) is 110 Å². The van der Waals surface area contributed by atoms with E-state index >= 15 is 0 Å². The van der Waals surface area contributed by atoms with Crippen LogP contribution in [0.3, 0.4) is 0 Å². The van der Waals surface area contributed by atoms with Crippen LogP contribution in [0.1, 0.15) is 141 Å². The van der Waals surface area contributed by atoms with Gasteiger partial charge in [0.05, 0.1) is 17.2 Å². The quantitative estimate of drug-likeness (QED) is 0.182. The summed E-state index contributed by atoms with van der Waals surface area (Å²) in [4.78, 5) is 16.7. The molecule has 4 rings (SSSR count). The molecule has 8 heteroatoms. The topological polar surface area (TPSA) is 20.3 Å². The smallest absolute Gasteiger partial charge is 0.360 e. The molecule has 1 aliphatic rings. The fraction of sp³-hybridized carbons (Fsp3) is 0.486. The fourth-order valence-corrected chi connectivity index (χ4v) is 6.88. The largest absolute Gasteiger partial charge is 0.417 e. The zero-order chi connectivity index (χ0) is 33.6. The average Bonchev–Trinajstić information content (AvgIpc) is 3.38. The molecule has 2 atom stereocenters. The van der Waals surface area contributed by atoms with Crippen molar-refractivity contribution in [2.24, 2.45) is 0 Å². The summed E-state index contributed by atoms with van der Waals surface area (Å²) >= 11 is 0. The van der Waals surface area contributed by atoms with E-state index in [-0.39, 0.29) is 29.7 Å². The van der Waals surface area contributed by atoms with E-state index in [1.807, 2.05) is 69.0 Å². The third kappa shape index (κ3) is 6.80. The Balaban J connectivity index is 2.06. The van der Waals surface area contributed by atoms with E-state index in [1.165, 1.54) is 0 Å². The van der Waals surface area contributed by atoms with Crippen LogP contribution < -0.4 is 4.90 Å². The van der Waals surface area contributed by atoms with E-state index in [0.717, 1.165) is 39.6 Å². The second-order valence-electron chi connectivity index (χ2n) is 13.4. The van der Waals surface area contributed by atoms with Gasteiger partial charge in [-0.1, -0.05) is 97.9 Å². The molecule has 2 unspecified atom stereocenters. The van der Waals surface area contributed by atoms with Gasteiger partial charge in [0.15, 0.2) is 5.78 Å². The molecule has 0 amide bonds. The highest BCUT2D eigenvalue weighted by Crippen LogP contribution is 2.48. The van der Waals surface area contributed by atoms with Gasteiger partial charge >= 0.3 is 12.4 Å². The second-order valence-corrected chi connectivity index (χ2v) is 13.4. The first kappa shape index (κ1) is 34.6. The Labute approximate surface area is 262 Å². The van der Waals surface area contributed by atoms with E-state index in [4.69, 9.17) is 0 Å². The number of ketones is 1. The first-order valence-corrected chi connectivity index (χ1v) is 15.7. The van der Waals surface area contributed by atoms with E-state index in [1.54, 1.807) is 0 Å². The molecular formula is C37H43F6NO. The number of halogens is 6. The maximum absolute atomic E-state index is 14.7. The van der Waals surface area contributed by atoms with Crippen LogP contribution in [0.25, 0.3) is 0 Å². The molecule has 0 saturated carbocycles. The van der Waals surface area contributed by atoms with Crippen molar-refractivity contribution in [1.29, 1.82) is 0 Å².